The number of rotatable bonds is 79. The third-order valence-electron chi connectivity index (χ3n) is 21.3. The Morgan fingerprint density at radius 2 is 0.594 bits per heavy atom. The second-order valence-corrected chi connectivity index (χ2v) is 30.7. The first-order chi connectivity index (χ1) is 47.3. The van der Waals surface area contributed by atoms with Crippen LogP contribution < -0.4 is 5.32 Å². The van der Waals surface area contributed by atoms with Gasteiger partial charge in [0.05, 0.1) is 25.4 Å². The highest BCUT2D eigenvalue weighted by atomic mass is 16.7. The second kappa shape index (κ2) is 76.3. The maximum Gasteiger partial charge on any atom is 0.220 e. The van der Waals surface area contributed by atoms with E-state index in [4.69, 9.17) is 9.47 Å². The quantitative estimate of drug-likeness (QED) is 0.0261. The zero-order valence-corrected chi connectivity index (χ0v) is 64.4. The lowest BCUT2D eigenvalue weighted by molar-refractivity contribution is -0.302. The lowest BCUT2D eigenvalue weighted by Crippen LogP contribution is -2.60. The van der Waals surface area contributed by atoms with Gasteiger partial charge in [-0.25, -0.2) is 0 Å². The number of hydrogen-bond donors (Lipinski definition) is 6. The zero-order chi connectivity index (χ0) is 69.2. The number of aliphatic hydroxyl groups is 5. The molecule has 0 aromatic carbocycles. The van der Waals surface area contributed by atoms with Crippen molar-refractivity contribution in [3.8, 4) is 0 Å². The van der Waals surface area contributed by atoms with Crippen LogP contribution in [0.5, 0.6) is 0 Å². The van der Waals surface area contributed by atoms with Gasteiger partial charge in [-0.2, -0.15) is 0 Å². The minimum absolute atomic E-state index is 0.175. The molecular formula is C87H169NO8. The van der Waals surface area contributed by atoms with E-state index in [1.54, 1.807) is 6.08 Å². The first-order valence-electron chi connectivity index (χ1n) is 43.6. The maximum absolute atomic E-state index is 13.2. The first-order valence-corrected chi connectivity index (χ1v) is 43.6. The lowest BCUT2D eigenvalue weighted by Gasteiger charge is -2.40. The molecular weight excluding hydrogens is 1190 g/mol. The number of unbranched alkanes of at least 4 members (excludes halogenated alkanes) is 67. The summed E-state index contributed by atoms with van der Waals surface area (Å²) in [7, 11) is 0. The Morgan fingerprint density at radius 3 is 0.875 bits per heavy atom. The zero-order valence-electron chi connectivity index (χ0n) is 64.4. The molecule has 9 nitrogen and oxygen atoms in total. The Morgan fingerprint density at radius 1 is 0.344 bits per heavy atom. The van der Waals surface area contributed by atoms with Crippen LogP contribution in [0, 0.1) is 0 Å². The fourth-order valence-corrected chi connectivity index (χ4v) is 14.5. The van der Waals surface area contributed by atoms with Crippen LogP contribution in [0.2, 0.25) is 0 Å². The van der Waals surface area contributed by atoms with Crippen molar-refractivity contribution in [3.05, 3.63) is 24.3 Å². The third kappa shape index (κ3) is 63.6. The Hall–Kier alpha value is -1.33. The number of aliphatic hydroxyl groups excluding tert-OH is 5. The van der Waals surface area contributed by atoms with Crippen LogP contribution in [0.15, 0.2) is 24.3 Å². The predicted octanol–water partition coefficient (Wildman–Crippen LogP) is 25.5. The molecule has 6 N–H and O–H groups in total. The summed E-state index contributed by atoms with van der Waals surface area (Å²) in [5.41, 5.74) is 0. The molecule has 0 radical (unpaired) electrons. The monoisotopic (exact) mass is 1360 g/mol. The van der Waals surface area contributed by atoms with E-state index in [1.165, 1.54) is 411 Å². The molecule has 9 heteroatoms. The van der Waals surface area contributed by atoms with Gasteiger partial charge in [0.2, 0.25) is 5.91 Å². The van der Waals surface area contributed by atoms with E-state index >= 15 is 0 Å². The van der Waals surface area contributed by atoms with Gasteiger partial charge in [0.15, 0.2) is 6.29 Å². The second-order valence-electron chi connectivity index (χ2n) is 30.7. The summed E-state index contributed by atoms with van der Waals surface area (Å²) in [6.45, 7) is 3.84. The minimum Gasteiger partial charge on any atom is -0.394 e. The van der Waals surface area contributed by atoms with E-state index in [0.717, 1.165) is 38.5 Å². The Bertz CT molecular complexity index is 1570. The fourth-order valence-electron chi connectivity index (χ4n) is 14.5. The fraction of sp³-hybridized carbons (Fsp3) is 0.943. The van der Waals surface area contributed by atoms with Crippen molar-refractivity contribution in [2.75, 3.05) is 13.2 Å². The standard InChI is InChI=1S/C87H169NO8/c1-3-5-7-9-11-13-15-17-19-21-23-25-27-29-31-33-35-37-38-39-40-41-42-43-45-47-49-51-53-55-57-59-61-63-65-67-69-71-73-75-77-83(91)88-80(79-95-87-86(94)85(93)84(92)82(78-89)96-87)81(90)76-74-72-70-68-66-64-62-60-58-56-54-52-50-48-46-44-36-34-32-30-28-26-24-22-20-18-16-14-12-10-8-6-4-2/h66,68,74,76,80-82,84-87,89-90,92-94H,3-65,67,69-73,75,77-79H2,1-2H3,(H,88,91)/b68-66+,76-74+. The van der Waals surface area contributed by atoms with Crippen molar-refractivity contribution < 1.29 is 39.8 Å². The van der Waals surface area contributed by atoms with Crippen LogP contribution in [-0.2, 0) is 14.3 Å². The summed E-state index contributed by atoms with van der Waals surface area (Å²) >= 11 is 0. The van der Waals surface area contributed by atoms with E-state index in [0.29, 0.717) is 6.42 Å². The van der Waals surface area contributed by atoms with Gasteiger partial charge >= 0.3 is 0 Å². The molecule has 7 unspecified atom stereocenters. The first kappa shape index (κ1) is 92.7. The normalized spacial score (nSPS) is 17.4. The summed E-state index contributed by atoms with van der Waals surface area (Å²) < 4.78 is 11.4. The molecule has 1 aliphatic rings. The highest BCUT2D eigenvalue weighted by molar-refractivity contribution is 5.76. The van der Waals surface area contributed by atoms with Crippen molar-refractivity contribution in [1.82, 2.24) is 5.32 Å². The highest BCUT2D eigenvalue weighted by Crippen LogP contribution is 2.24. The molecule has 7 atom stereocenters. The number of allylic oxidation sites excluding steroid dienone is 3. The topological polar surface area (TPSA) is 149 Å². The third-order valence-corrected chi connectivity index (χ3v) is 21.3. The van der Waals surface area contributed by atoms with Gasteiger partial charge in [0, 0.05) is 6.42 Å². The molecule has 570 valence electrons. The van der Waals surface area contributed by atoms with Crippen molar-refractivity contribution in [2.24, 2.45) is 0 Å². The van der Waals surface area contributed by atoms with Crippen molar-refractivity contribution in [2.45, 2.75) is 513 Å². The Kier molecular flexibility index (Phi) is 73.7. The number of ether oxygens (including phenoxy) is 2. The van der Waals surface area contributed by atoms with Crippen LogP contribution in [0.4, 0.5) is 0 Å². The number of hydrogen-bond acceptors (Lipinski definition) is 8. The van der Waals surface area contributed by atoms with Gasteiger partial charge < -0.3 is 40.3 Å². The SMILES string of the molecule is CCCCCCCCCCCCCCCCCCCCCCCCCCCCC/C=C/CC/C=C/C(O)C(COC1OC(CO)C(O)C(O)C1O)NC(=O)CCCCCCCCCCCCCCCCCCCCCCCCCCCCCCCCCCCCCCCCCC. The van der Waals surface area contributed by atoms with Crippen molar-refractivity contribution in [3.63, 3.8) is 0 Å². The molecule has 0 aliphatic carbocycles. The predicted molar refractivity (Wildman–Crippen MR) is 415 cm³/mol. The van der Waals surface area contributed by atoms with Crippen LogP contribution in [0.3, 0.4) is 0 Å². The lowest BCUT2D eigenvalue weighted by atomic mass is 9.99. The molecule has 1 fully saturated rings. The average Bonchev–Trinajstić information content (AvgIpc) is 0.887. The molecule has 0 aromatic rings. The molecule has 0 bridgehead atoms. The van der Waals surface area contributed by atoms with E-state index < -0.39 is 49.5 Å². The molecule has 0 aromatic heterocycles. The Balaban J connectivity index is 2.03. The molecule has 1 heterocycles. The molecule has 0 spiro atoms. The van der Waals surface area contributed by atoms with Crippen LogP contribution in [0.25, 0.3) is 0 Å². The van der Waals surface area contributed by atoms with E-state index in [2.05, 4.69) is 31.3 Å². The molecule has 1 amide bonds. The van der Waals surface area contributed by atoms with E-state index in [-0.39, 0.29) is 12.5 Å². The van der Waals surface area contributed by atoms with Crippen LogP contribution in [0.1, 0.15) is 470 Å². The van der Waals surface area contributed by atoms with Gasteiger partial charge in [0.1, 0.15) is 24.4 Å². The van der Waals surface area contributed by atoms with Gasteiger partial charge in [-0.1, -0.05) is 456 Å². The number of nitrogens with one attached hydrogen (secondary N) is 1. The molecule has 96 heavy (non-hydrogen) atoms. The van der Waals surface area contributed by atoms with E-state index in [1.807, 2.05) is 6.08 Å². The van der Waals surface area contributed by atoms with Crippen LogP contribution in [-0.4, -0.2) is 87.5 Å². The molecule has 0 saturated carbocycles. The van der Waals surface area contributed by atoms with E-state index in [9.17, 15) is 30.3 Å². The summed E-state index contributed by atoms with van der Waals surface area (Å²) in [5.74, 6) is -0.175. The minimum atomic E-state index is -1.57. The molecule has 1 aliphatic heterocycles. The highest BCUT2D eigenvalue weighted by Gasteiger charge is 2.44. The number of carbonyl (C=O) groups excluding carboxylic acids is 1. The van der Waals surface area contributed by atoms with Crippen molar-refractivity contribution in [1.29, 1.82) is 0 Å². The average molecular weight is 1360 g/mol. The summed E-state index contributed by atoms with van der Waals surface area (Å²) in [6.07, 6.45) is 96.7. The maximum atomic E-state index is 13.2. The summed E-state index contributed by atoms with van der Waals surface area (Å²) in [5, 5.41) is 55.0. The van der Waals surface area contributed by atoms with Crippen LogP contribution >= 0.6 is 0 Å². The number of carbonyl (C=O) groups is 1. The molecule has 1 rings (SSSR count). The van der Waals surface area contributed by atoms with Gasteiger partial charge in [-0.3, -0.25) is 4.79 Å². The largest absolute Gasteiger partial charge is 0.394 e. The summed E-state index contributed by atoms with van der Waals surface area (Å²) in [4.78, 5) is 13.2. The van der Waals surface area contributed by atoms with Crippen molar-refractivity contribution >= 4 is 5.91 Å². The van der Waals surface area contributed by atoms with Gasteiger partial charge in [-0.15, -0.1) is 0 Å². The molecule has 1 saturated heterocycles. The smallest absolute Gasteiger partial charge is 0.220 e. The van der Waals surface area contributed by atoms with Gasteiger partial charge in [-0.05, 0) is 32.1 Å². The van der Waals surface area contributed by atoms with Gasteiger partial charge in [0.25, 0.3) is 0 Å². The number of amides is 1. The Labute approximate surface area is 598 Å². The summed E-state index contributed by atoms with van der Waals surface area (Å²) in [6, 6.07) is -0.822.